The Bertz CT molecular complexity index is 212. The van der Waals surface area contributed by atoms with Crippen molar-refractivity contribution in [3.63, 3.8) is 0 Å². The van der Waals surface area contributed by atoms with Crippen LogP contribution < -0.4 is 0 Å². The zero-order chi connectivity index (χ0) is 12.8. The van der Waals surface area contributed by atoms with Crippen molar-refractivity contribution < 1.29 is 0 Å². The molecule has 16 heavy (non-hydrogen) atoms. The lowest BCUT2D eigenvalue weighted by Crippen LogP contribution is -1.82. The van der Waals surface area contributed by atoms with Gasteiger partial charge in [-0.3, -0.25) is 0 Å². The van der Waals surface area contributed by atoms with E-state index in [-0.39, 0.29) is 0 Å². The lowest BCUT2D eigenvalue weighted by molar-refractivity contribution is 0.756. The Labute approximate surface area is 131 Å². The maximum Gasteiger partial charge on any atom is 0.0283 e. The highest BCUT2D eigenvalue weighted by atomic mass is 127. The van der Waals surface area contributed by atoms with Crippen molar-refractivity contribution in [1.29, 1.82) is 0 Å². The summed E-state index contributed by atoms with van der Waals surface area (Å²) >= 11 is 8.96. The summed E-state index contributed by atoms with van der Waals surface area (Å²) in [6.07, 6.45) is 0. The van der Waals surface area contributed by atoms with Crippen molar-refractivity contribution in [2.45, 2.75) is 26.1 Å². The van der Waals surface area contributed by atoms with Crippen LogP contribution in [0, 0.1) is 5.92 Å². The summed E-state index contributed by atoms with van der Waals surface area (Å²) in [6.45, 7) is 6.46. The van der Waals surface area contributed by atoms with Crippen LogP contribution in [-0.4, -0.2) is 9.76 Å². The molecule has 1 rings (SSSR count). The van der Waals surface area contributed by atoms with Gasteiger partial charge in [0.25, 0.3) is 0 Å². The first kappa shape index (κ1) is 19.3. The summed E-state index contributed by atoms with van der Waals surface area (Å²) in [4.78, 5) is 0. The van der Waals surface area contributed by atoms with Gasteiger partial charge in [-0.25, -0.2) is 0 Å². The highest BCUT2D eigenvalue weighted by molar-refractivity contribution is 14.1. The van der Waals surface area contributed by atoms with E-state index in [1.54, 1.807) is 0 Å². The molecule has 0 aliphatic heterocycles. The average molecular weight is 464 g/mol. The number of hydrogen-bond donors (Lipinski definition) is 0. The minimum absolute atomic E-state index is 0.801. The second-order valence-electron chi connectivity index (χ2n) is 3.43. The Morgan fingerprint density at radius 3 is 1.69 bits per heavy atom. The quantitative estimate of drug-likeness (QED) is 0.369. The van der Waals surface area contributed by atoms with Crippen molar-refractivity contribution >= 4 is 54.5 Å². The van der Waals surface area contributed by atoms with Gasteiger partial charge in [0.15, 0.2) is 0 Å². The second-order valence-corrected chi connectivity index (χ2v) is 6.17. The predicted molar refractivity (Wildman–Crippen MR) is 92.3 cm³/mol. The van der Waals surface area contributed by atoms with Gasteiger partial charge in [0.1, 0.15) is 0 Å². The van der Waals surface area contributed by atoms with Gasteiger partial charge in [0.2, 0.25) is 0 Å². The van der Waals surface area contributed by atoms with E-state index < -0.39 is 0 Å². The van der Waals surface area contributed by atoms with Crippen LogP contribution in [0.5, 0.6) is 0 Å². The molecule has 0 N–H and O–H groups in total. The van der Waals surface area contributed by atoms with Crippen molar-refractivity contribution in [1.82, 2.24) is 0 Å². The van der Waals surface area contributed by atoms with E-state index in [2.05, 4.69) is 87.4 Å². The molecule has 0 radical (unpaired) electrons. The van der Waals surface area contributed by atoms with Crippen molar-refractivity contribution in [3.8, 4) is 0 Å². The van der Waals surface area contributed by atoms with Gasteiger partial charge in [0.05, 0.1) is 0 Å². The number of hydrogen-bond acceptors (Lipinski definition) is 0. The lowest BCUT2D eigenvalue weighted by Gasteiger charge is -1.88. The van der Waals surface area contributed by atoms with Gasteiger partial charge >= 0.3 is 0 Å². The van der Waals surface area contributed by atoms with Crippen LogP contribution in [0.25, 0.3) is 0 Å². The molecule has 0 bridgehead atoms. The number of benzene rings is 1. The molecule has 0 aliphatic rings. The number of halogens is 3. The normalized spacial score (nSPS) is 8.69. The first-order chi connectivity index (χ1) is 7.62. The van der Waals surface area contributed by atoms with Gasteiger partial charge in [-0.1, -0.05) is 106 Å². The Balaban J connectivity index is 0. The van der Waals surface area contributed by atoms with Crippen LogP contribution >= 0.6 is 54.5 Å². The van der Waals surface area contributed by atoms with E-state index in [9.17, 15) is 0 Å². The molecule has 94 valence electrons. The number of alkyl halides is 3. The number of rotatable bonds is 2. The molecule has 0 heterocycles. The van der Waals surface area contributed by atoms with Crippen molar-refractivity contribution in [2.24, 2.45) is 5.92 Å². The summed E-state index contributed by atoms with van der Waals surface area (Å²) in [5.74, 6) is 0.801. The molecule has 0 spiro atoms. The summed E-state index contributed by atoms with van der Waals surface area (Å²) in [5.41, 5.74) is 1.33. The Morgan fingerprint density at radius 2 is 1.50 bits per heavy atom. The van der Waals surface area contributed by atoms with Gasteiger partial charge in [0, 0.05) is 10.7 Å². The first-order valence-corrected chi connectivity index (χ1v) is 9.10. The Morgan fingerprint density at radius 1 is 1.12 bits per heavy atom. The maximum atomic E-state index is 3.36. The van der Waals surface area contributed by atoms with Gasteiger partial charge in [-0.05, 0) is 15.9 Å². The lowest BCUT2D eigenvalue weighted by atomic mass is 10.2. The molecule has 0 aliphatic carbocycles. The molecule has 0 saturated heterocycles. The molecule has 0 atom stereocenters. The molecule has 0 amide bonds. The minimum atomic E-state index is 0.801. The SMILES string of the molecule is BrCc1ccccc1.CC(C)CBr.CCI. The fraction of sp³-hybridized carbons (Fsp3) is 0.538. The van der Waals surface area contributed by atoms with E-state index >= 15 is 0 Å². The van der Waals surface area contributed by atoms with Crippen LogP contribution in [0.1, 0.15) is 26.3 Å². The van der Waals surface area contributed by atoms with Crippen LogP contribution in [0.3, 0.4) is 0 Å². The summed E-state index contributed by atoms with van der Waals surface area (Å²) in [7, 11) is 0. The molecule has 0 fully saturated rings. The molecule has 3 heteroatoms. The molecule has 1 aromatic carbocycles. The zero-order valence-electron chi connectivity index (χ0n) is 10.2. The van der Waals surface area contributed by atoms with Crippen LogP contribution in [0.2, 0.25) is 0 Å². The fourth-order valence-corrected chi connectivity index (χ4v) is 0.941. The smallest absolute Gasteiger partial charge is 0.0283 e. The zero-order valence-corrected chi connectivity index (χ0v) is 15.5. The third-order valence-electron chi connectivity index (χ3n) is 1.31. The summed E-state index contributed by atoms with van der Waals surface area (Å²) in [6, 6.07) is 10.3. The molecule has 1 aromatic rings. The maximum absolute atomic E-state index is 3.36. The largest absolute Gasteiger partial charge is 0.0925 e. The van der Waals surface area contributed by atoms with Crippen molar-refractivity contribution in [2.75, 3.05) is 9.76 Å². The highest BCUT2D eigenvalue weighted by Crippen LogP contribution is 2.02. The van der Waals surface area contributed by atoms with E-state index in [0.717, 1.165) is 16.6 Å². The van der Waals surface area contributed by atoms with E-state index in [0.29, 0.717) is 0 Å². The molecule has 0 nitrogen and oxygen atoms in total. The predicted octanol–water partition coefficient (Wildman–Crippen LogP) is 6.06. The average Bonchev–Trinajstić information content (AvgIpc) is 2.32. The topological polar surface area (TPSA) is 0 Å². The molecule has 0 unspecified atom stereocenters. The third kappa shape index (κ3) is 17.3. The Hall–Kier alpha value is 0.910. The van der Waals surface area contributed by atoms with Gasteiger partial charge in [-0.15, -0.1) is 0 Å². The van der Waals surface area contributed by atoms with E-state index in [1.807, 2.05) is 18.2 Å². The molecule has 0 saturated carbocycles. The highest BCUT2D eigenvalue weighted by Gasteiger charge is 1.82. The van der Waals surface area contributed by atoms with Crippen LogP contribution in [0.4, 0.5) is 0 Å². The van der Waals surface area contributed by atoms with Crippen LogP contribution in [-0.2, 0) is 5.33 Å². The summed E-state index contributed by atoms with van der Waals surface area (Å²) in [5, 5.41) is 2.07. The summed E-state index contributed by atoms with van der Waals surface area (Å²) < 4.78 is 1.22. The monoisotopic (exact) mass is 462 g/mol. The second kappa shape index (κ2) is 15.9. The minimum Gasteiger partial charge on any atom is -0.0925 e. The fourth-order valence-electron chi connectivity index (χ4n) is 0.567. The van der Waals surface area contributed by atoms with Crippen molar-refractivity contribution in [3.05, 3.63) is 35.9 Å². The van der Waals surface area contributed by atoms with Gasteiger partial charge in [-0.2, -0.15) is 0 Å². The first-order valence-electron chi connectivity index (χ1n) is 5.34. The Kier molecular flexibility index (Phi) is 19.1. The van der Waals surface area contributed by atoms with E-state index in [4.69, 9.17) is 0 Å². The van der Waals surface area contributed by atoms with Crippen LogP contribution in [0.15, 0.2) is 30.3 Å². The molecular weight excluding hydrogens is 443 g/mol. The standard InChI is InChI=1S/C7H7Br.C4H9Br.C2H5I/c8-6-7-4-2-1-3-5-7;1-4(2)3-5;1-2-3/h1-5H,6H2;4H,3H2,1-2H3;2H2,1H3. The molecule has 0 aromatic heterocycles. The van der Waals surface area contributed by atoms with E-state index in [1.165, 1.54) is 9.99 Å². The van der Waals surface area contributed by atoms with Gasteiger partial charge < -0.3 is 0 Å². The molecular formula is C13H21Br2I. The third-order valence-corrected chi connectivity index (χ3v) is 3.25.